The number of benzene rings is 3. The van der Waals surface area contributed by atoms with E-state index in [4.69, 9.17) is 4.74 Å². The zero-order valence-corrected chi connectivity index (χ0v) is 14.1. The molecule has 0 aliphatic heterocycles. The van der Waals surface area contributed by atoms with Gasteiger partial charge in [0.05, 0.1) is 12.1 Å². The largest absolute Gasteiger partial charge is 0.457 e. The molecule has 1 heterocycles. The molecular weight excluding hydrogens is 326 g/mol. The molecular formula is C22H19NO3. The molecule has 0 amide bonds. The first kappa shape index (κ1) is 16.4. The first-order chi connectivity index (χ1) is 12.8. The van der Waals surface area contributed by atoms with Crippen molar-refractivity contribution in [2.24, 2.45) is 0 Å². The van der Waals surface area contributed by atoms with Gasteiger partial charge in [-0.05, 0) is 42.5 Å². The summed E-state index contributed by atoms with van der Waals surface area (Å²) in [6.45, 7) is -0.308. The molecule has 0 aliphatic rings. The Hall–Kier alpha value is -3.08. The summed E-state index contributed by atoms with van der Waals surface area (Å²) in [6, 6.07) is 25.3. The zero-order valence-electron chi connectivity index (χ0n) is 14.1. The van der Waals surface area contributed by atoms with Gasteiger partial charge in [-0.2, -0.15) is 0 Å². The van der Waals surface area contributed by atoms with Gasteiger partial charge in [0.1, 0.15) is 17.6 Å². The van der Waals surface area contributed by atoms with Crippen LogP contribution in [0.3, 0.4) is 0 Å². The number of ether oxygens (including phenoxy) is 1. The van der Waals surface area contributed by atoms with E-state index in [0.717, 1.165) is 28.1 Å². The number of aliphatic hydroxyl groups is 2. The fourth-order valence-corrected chi connectivity index (χ4v) is 3.08. The van der Waals surface area contributed by atoms with E-state index in [1.165, 1.54) is 0 Å². The maximum Gasteiger partial charge on any atom is 0.127 e. The summed E-state index contributed by atoms with van der Waals surface area (Å²) < 4.78 is 7.84. The highest BCUT2D eigenvalue weighted by molar-refractivity contribution is 5.86. The number of rotatable bonds is 5. The molecule has 0 spiro atoms. The van der Waals surface area contributed by atoms with Crippen LogP contribution in [0.4, 0.5) is 0 Å². The second-order valence-corrected chi connectivity index (χ2v) is 6.08. The Morgan fingerprint density at radius 2 is 1.46 bits per heavy atom. The van der Waals surface area contributed by atoms with Crippen LogP contribution in [0.1, 0.15) is 11.7 Å². The van der Waals surface area contributed by atoms with Crippen molar-refractivity contribution in [3.8, 4) is 17.2 Å². The Morgan fingerprint density at radius 3 is 2.19 bits per heavy atom. The standard InChI is InChI=1S/C22H19NO3/c24-15-22(25)20-14-23(21-9-5-4-8-19(20)21)16-10-12-18(13-11-16)26-17-6-2-1-3-7-17/h1-14,22,24-25H,15H2. The van der Waals surface area contributed by atoms with Gasteiger partial charge in [0.25, 0.3) is 0 Å². The molecule has 4 rings (SSSR count). The number of aromatic nitrogens is 1. The van der Waals surface area contributed by atoms with Crippen molar-refractivity contribution in [3.63, 3.8) is 0 Å². The minimum atomic E-state index is -0.901. The van der Waals surface area contributed by atoms with Crippen LogP contribution in [0.15, 0.2) is 85.1 Å². The maximum absolute atomic E-state index is 10.1. The summed E-state index contributed by atoms with van der Waals surface area (Å²) in [4.78, 5) is 0. The second kappa shape index (κ2) is 7.04. The average Bonchev–Trinajstić information content (AvgIpc) is 3.09. The van der Waals surface area contributed by atoms with Gasteiger partial charge >= 0.3 is 0 Å². The highest BCUT2D eigenvalue weighted by Crippen LogP contribution is 2.30. The third-order valence-corrected chi connectivity index (χ3v) is 4.37. The van der Waals surface area contributed by atoms with E-state index in [0.29, 0.717) is 5.56 Å². The van der Waals surface area contributed by atoms with Crippen LogP contribution in [0.5, 0.6) is 11.5 Å². The van der Waals surface area contributed by atoms with Crippen molar-refractivity contribution in [2.45, 2.75) is 6.10 Å². The number of para-hydroxylation sites is 2. The number of aliphatic hydroxyl groups excluding tert-OH is 2. The number of hydrogen-bond acceptors (Lipinski definition) is 3. The Bertz CT molecular complexity index is 1010. The van der Waals surface area contributed by atoms with Crippen molar-refractivity contribution in [1.82, 2.24) is 4.57 Å². The molecule has 3 aromatic carbocycles. The number of nitrogens with zero attached hydrogens (tertiary/aromatic N) is 1. The van der Waals surface area contributed by atoms with Crippen LogP contribution >= 0.6 is 0 Å². The van der Waals surface area contributed by atoms with Gasteiger partial charge in [0.2, 0.25) is 0 Å². The predicted molar refractivity (Wildman–Crippen MR) is 102 cm³/mol. The third kappa shape index (κ3) is 3.08. The SMILES string of the molecule is OCC(O)c1cn(-c2ccc(Oc3ccccc3)cc2)c2ccccc12. The average molecular weight is 345 g/mol. The normalized spacial score (nSPS) is 12.2. The first-order valence-electron chi connectivity index (χ1n) is 8.48. The summed E-state index contributed by atoms with van der Waals surface area (Å²) >= 11 is 0. The van der Waals surface area contributed by atoms with Crippen LogP contribution in [0.25, 0.3) is 16.6 Å². The van der Waals surface area contributed by atoms with Gasteiger partial charge in [-0.1, -0.05) is 36.4 Å². The molecule has 130 valence electrons. The zero-order chi connectivity index (χ0) is 17.9. The van der Waals surface area contributed by atoms with Gasteiger partial charge in [0, 0.05) is 22.8 Å². The van der Waals surface area contributed by atoms with Gasteiger partial charge in [-0.15, -0.1) is 0 Å². The first-order valence-corrected chi connectivity index (χ1v) is 8.48. The molecule has 0 saturated heterocycles. The quantitative estimate of drug-likeness (QED) is 0.562. The molecule has 2 N–H and O–H groups in total. The fourth-order valence-electron chi connectivity index (χ4n) is 3.08. The minimum absolute atomic E-state index is 0.308. The van der Waals surface area contributed by atoms with E-state index in [-0.39, 0.29) is 6.61 Å². The summed E-state index contributed by atoms with van der Waals surface area (Å²) in [5, 5.41) is 20.4. The molecule has 4 nitrogen and oxygen atoms in total. The lowest BCUT2D eigenvalue weighted by Gasteiger charge is -2.08. The van der Waals surface area contributed by atoms with E-state index in [2.05, 4.69) is 0 Å². The second-order valence-electron chi connectivity index (χ2n) is 6.08. The molecule has 0 radical (unpaired) electrons. The van der Waals surface area contributed by atoms with Crippen LogP contribution in [-0.2, 0) is 0 Å². The summed E-state index contributed by atoms with van der Waals surface area (Å²) in [5.41, 5.74) is 2.65. The molecule has 4 heteroatoms. The van der Waals surface area contributed by atoms with Crippen molar-refractivity contribution in [3.05, 3.63) is 90.6 Å². The van der Waals surface area contributed by atoms with Gasteiger partial charge in [-0.3, -0.25) is 0 Å². The van der Waals surface area contributed by atoms with E-state index in [1.807, 2.05) is 89.6 Å². The highest BCUT2D eigenvalue weighted by Gasteiger charge is 2.15. The van der Waals surface area contributed by atoms with E-state index >= 15 is 0 Å². The summed E-state index contributed by atoms with van der Waals surface area (Å²) in [6.07, 6.45) is 0.973. The topological polar surface area (TPSA) is 54.6 Å². The molecule has 0 saturated carbocycles. The van der Waals surface area contributed by atoms with E-state index in [1.54, 1.807) is 0 Å². The van der Waals surface area contributed by atoms with Crippen molar-refractivity contribution in [1.29, 1.82) is 0 Å². The number of hydrogen-bond donors (Lipinski definition) is 2. The molecule has 1 aromatic heterocycles. The summed E-state index contributed by atoms with van der Waals surface area (Å²) in [5.74, 6) is 1.55. The van der Waals surface area contributed by atoms with Crippen molar-refractivity contribution >= 4 is 10.9 Å². The molecule has 26 heavy (non-hydrogen) atoms. The predicted octanol–water partition coefficient (Wildman–Crippen LogP) is 4.45. The molecule has 1 atom stereocenters. The molecule has 0 fully saturated rings. The van der Waals surface area contributed by atoms with Crippen LogP contribution in [0, 0.1) is 0 Å². The van der Waals surface area contributed by atoms with E-state index < -0.39 is 6.10 Å². The lowest BCUT2D eigenvalue weighted by molar-refractivity contribution is 0.0966. The van der Waals surface area contributed by atoms with Gasteiger partial charge in [-0.25, -0.2) is 0 Å². The molecule has 4 aromatic rings. The Kier molecular flexibility index (Phi) is 4.44. The number of fused-ring (bicyclic) bond motifs is 1. The Balaban J connectivity index is 1.69. The van der Waals surface area contributed by atoms with Gasteiger partial charge in [0.15, 0.2) is 0 Å². The van der Waals surface area contributed by atoms with E-state index in [9.17, 15) is 10.2 Å². The maximum atomic E-state index is 10.1. The third-order valence-electron chi connectivity index (χ3n) is 4.37. The lowest BCUT2D eigenvalue weighted by Crippen LogP contribution is -2.01. The van der Waals surface area contributed by atoms with Crippen LogP contribution in [-0.4, -0.2) is 21.4 Å². The fraction of sp³-hybridized carbons (Fsp3) is 0.0909. The van der Waals surface area contributed by atoms with Crippen LogP contribution in [0.2, 0.25) is 0 Å². The minimum Gasteiger partial charge on any atom is -0.457 e. The van der Waals surface area contributed by atoms with Crippen molar-refractivity contribution in [2.75, 3.05) is 6.61 Å². The molecule has 0 aliphatic carbocycles. The monoisotopic (exact) mass is 345 g/mol. The molecule has 0 bridgehead atoms. The summed E-state index contributed by atoms with van der Waals surface area (Å²) in [7, 11) is 0. The Morgan fingerprint density at radius 1 is 0.808 bits per heavy atom. The highest BCUT2D eigenvalue weighted by atomic mass is 16.5. The smallest absolute Gasteiger partial charge is 0.127 e. The van der Waals surface area contributed by atoms with Crippen molar-refractivity contribution < 1.29 is 14.9 Å². The Labute approximate surface area is 151 Å². The van der Waals surface area contributed by atoms with Crippen LogP contribution < -0.4 is 4.74 Å². The molecule has 1 unspecified atom stereocenters. The van der Waals surface area contributed by atoms with Gasteiger partial charge < -0.3 is 19.5 Å². The lowest BCUT2D eigenvalue weighted by atomic mass is 10.1.